The lowest BCUT2D eigenvalue weighted by Crippen LogP contribution is -2.05. The van der Waals surface area contributed by atoms with Crippen molar-refractivity contribution in [1.29, 1.82) is 0 Å². The van der Waals surface area contributed by atoms with Gasteiger partial charge in [-0.15, -0.1) is 0 Å². The van der Waals surface area contributed by atoms with Crippen molar-refractivity contribution >= 4 is 0 Å². The van der Waals surface area contributed by atoms with Crippen LogP contribution in [-0.4, -0.2) is 4.98 Å². The molecule has 2 aromatic rings. The Bertz CT molecular complexity index is 696. The molecule has 1 aliphatic carbocycles. The molecule has 0 saturated carbocycles. The summed E-state index contributed by atoms with van der Waals surface area (Å²) in [7, 11) is 0. The van der Waals surface area contributed by atoms with Crippen LogP contribution in [0.4, 0.5) is 0 Å². The van der Waals surface area contributed by atoms with E-state index in [0.717, 1.165) is 19.3 Å². The maximum atomic E-state index is 4.70. The molecular formula is C19H23N. The van der Waals surface area contributed by atoms with Crippen LogP contribution in [0.5, 0.6) is 0 Å². The largest absolute Gasteiger partial charge is 0.260 e. The Morgan fingerprint density at radius 2 is 1.45 bits per heavy atom. The molecule has 1 aromatic heterocycles. The molecule has 3 rings (SSSR count). The monoisotopic (exact) mass is 265 g/mol. The van der Waals surface area contributed by atoms with Crippen molar-refractivity contribution in [2.45, 2.75) is 53.9 Å². The smallest absolute Gasteiger partial charge is 0.0479 e. The minimum atomic E-state index is 0.999. The van der Waals surface area contributed by atoms with Gasteiger partial charge in [0.05, 0.1) is 0 Å². The summed E-state index contributed by atoms with van der Waals surface area (Å²) < 4.78 is 0. The number of pyridine rings is 1. The highest BCUT2D eigenvalue weighted by Crippen LogP contribution is 2.32. The van der Waals surface area contributed by atoms with Crippen LogP contribution < -0.4 is 0 Å². The van der Waals surface area contributed by atoms with E-state index in [1.165, 1.54) is 44.6 Å². The molecule has 0 fully saturated rings. The fourth-order valence-electron chi connectivity index (χ4n) is 3.51. The summed E-state index contributed by atoms with van der Waals surface area (Å²) in [4.78, 5) is 4.70. The molecule has 1 aliphatic rings. The highest BCUT2D eigenvalue weighted by atomic mass is 14.7. The quantitative estimate of drug-likeness (QED) is 0.691. The van der Waals surface area contributed by atoms with Crippen LogP contribution in [0.2, 0.25) is 0 Å². The minimum absolute atomic E-state index is 0.999. The maximum Gasteiger partial charge on any atom is 0.0479 e. The van der Waals surface area contributed by atoms with Gasteiger partial charge in [-0.3, -0.25) is 4.98 Å². The fraction of sp³-hybridized carbons (Fsp3) is 0.421. The number of nitrogens with zero attached hydrogens (tertiary/aromatic N) is 1. The zero-order valence-corrected chi connectivity index (χ0v) is 13.2. The lowest BCUT2D eigenvalue weighted by atomic mass is 9.86. The van der Waals surface area contributed by atoms with Crippen molar-refractivity contribution in [3.8, 4) is 0 Å². The van der Waals surface area contributed by atoms with E-state index in [0.29, 0.717) is 0 Å². The van der Waals surface area contributed by atoms with Gasteiger partial charge in [0.1, 0.15) is 0 Å². The first-order valence-electron chi connectivity index (χ1n) is 7.51. The second kappa shape index (κ2) is 4.73. The van der Waals surface area contributed by atoms with Gasteiger partial charge < -0.3 is 0 Å². The maximum absolute atomic E-state index is 4.70. The van der Waals surface area contributed by atoms with Gasteiger partial charge in [0, 0.05) is 18.3 Å². The number of aromatic nitrogens is 1. The molecule has 20 heavy (non-hydrogen) atoms. The van der Waals surface area contributed by atoms with Crippen LogP contribution in [0.1, 0.15) is 50.2 Å². The molecule has 1 heterocycles. The summed E-state index contributed by atoms with van der Waals surface area (Å²) in [6.07, 6.45) is 5.28. The molecule has 1 nitrogen and oxygen atoms in total. The van der Waals surface area contributed by atoms with E-state index in [4.69, 9.17) is 4.98 Å². The number of hydrogen-bond acceptors (Lipinski definition) is 1. The van der Waals surface area contributed by atoms with Gasteiger partial charge in [0.2, 0.25) is 0 Å². The molecule has 0 N–H and O–H groups in total. The number of hydrogen-bond donors (Lipinski definition) is 0. The van der Waals surface area contributed by atoms with Crippen LogP contribution >= 0.6 is 0 Å². The van der Waals surface area contributed by atoms with Crippen LogP contribution in [0.3, 0.4) is 0 Å². The number of aryl methyl sites for hydroxylation is 2. The Hall–Kier alpha value is -1.63. The summed E-state index contributed by atoms with van der Waals surface area (Å²) in [6.45, 7) is 11.2. The van der Waals surface area contributed by atoms with Crippen molar-refractivity contribution in [3.63, 3.8) is 0 Å². The Labute approximate surface area is 122 Å². The van der Waals surface area contributed by atoms with E-state index < -0.39 is 0 Å². The Balaban J connectivity index is 2.21. The number of fused-ring (bicyclic) bond motifs is 2. The van der Waals surface area contributed by atoms with Gasteiger partial charge in [-0.25, -0.2) is 0 Å². The summed E-state index contributed by atoms with van der Waals surface area (Å²) in [5.74, 6) is 0. The first-order valence-corrected chi connectivity index (χ1v) is 7.51. The standard InChI is InChI=1S/C19H23N/c1-11-8-16-6-7-17-14(4)12(2)13(3)15(5)18(17)9-19(16)20-10-11/h8,10H,6-7,9H2,1-5H3. The van der Waals surface area contributed by atoms with Crippen molar-refractivity contribution in [2.24, 2.45) is 0 Å². The SMILES string of the molecule is Cc1cnc2c(c1)CCc1c(C)c(C)c(C)c(C)c1C2. The predicted molar refractivity (Wildman–Crippen MR) is 84.6 cm³/mol. The third kappa shape index (κ3) is 1.96. The second-order valence-electron chi connectivity index (χ2n) is 6.25. The van der Waals surface area contributed by atoms with E-state index in [2.05, 4.69) is 40.7 Å². The lowest BCUT2D eigenvalue weighted by molar-refractivity contribution is 0.934. The van der Waals surface area contributed by atoms with Gasteiger partial charge in [0.15, 0.2) is 0 Å². The lowest BCUT2D eigenvalue weighted by Gasteiger charge is -2.19. The molecule has 0 radical (unpaired) electrons. The Kier molecular flexibility index (Phi) is 3.16. The third-order valence-corrected chi connectivity index (χ3v) is 5.14. The molecule has 0 aliphatic heterocycles. The van der Waals surface area contributed by atoms with Gasteiger partial charge in [-0.05, 0) is 92.0 Å². The highest BCUT2D eigenvalue weighted by Gasteiger charge is 2.20. The normalized spacial score (nSPS) is 13.7. The van der Waals surface area contributed by atoms with E-state index in [1.54, 1.807) is 5.56 Å². The van der Waals surface area contributed by atoms with Crippen LogP contribution in [0.25, 0.3) is 0 Å². The first-order chi connectivity index (χ1) is 9.49. The topological polar surface area (TPSA) is 12.9 Å². The van der Waals surface area contributed by atoms with E-state index >= 15 is 0 Å². The van der Waals surface area contributed by atoms with Gasteiger partial charge in [0.25, 0.3) is 0 Å². The summed E-state index contributed by atoms with van der Waals surface area (Å²) in [5, 5.41) is 0. The van der Waals surface area contributed by atoms with Gasteiger partial charge >= 0.3 is 0 Å². The van der Waals surface area contributed by atoms with E-state index in [1.807, 2.05) is 6.20 Å². The Morgan fingerprint density at radius 3 is 2.15 bits per heavy atom. The Morgan fingerprint density at radius 1 is 0.800 bits per heavy atom. The average molecular weight is 265 g/mol. The molecule has 1 heteroatoms. The molecule has 0 spiro atoms. The predicted octanol–water partition coefficient (Wildman–Crippen LogP) is 4.31. The molecule has 0 unspecified atom stereocenters. The summed E-state index contributed by atoms with van der Waals surface area (Å²) in [6, 6.07) is 2.32. The number of benzene rings is 1. The molecule has 0 atom stereocenters. The van der Waals surface area contributed by atoms with E-state index in [-0.39, 0.29) is 0 Å². The van der Waals surface area contributed by atoms with Crippen LogP contribution in [0, 0.1) is 34.6 Å². The van der Waals surface area contributed by atoms with Crippen molar-refractivity contribution < 1.29 is 0 Å². The fourth-order valence-corrected chi connectivity index (χ4v) is 3.51. The molecule has 0 bridgehead atoms. The van der Waals surface area contributed by atoms with Gasteiger partial charge in [-0.2, -0.15) is 0 Å². The van der Waals surface area contributed by atoms with Crippen LogP contribution in [0.15, 0.2) is 12.3 Å². The summed E-state index contributed by atoms with van der Waals surface area (Å²) >= 11 is 0. The molecule has 0 saturated heterocycles. The zero-order valence-electron chi connectivity index (χ0n) is 13.2. The van der Waals surface area contributed by atoms with Crippen LogP contribution in [-0.2, 0) is 19.3 Å². The summed E-state index contributed by atoms with van der Waals surface area (Å²) in [5.41, 5.74) is 13.0. The molecular weight excluding hydrogens is 242 g/mol. The third-order valence-electron chi connectivity index (χ3n) is 5.14. The average Bonchev–Trinajstić information content (AvgIpc) is 2.62. The minimum Gasteiger partial charge on any atom is -0.260 e. The highest BCUT2D eigenvalue weighted by molar-refractivity contribution is 5.53. The van der Waals surface area contributed by atoms with Crippen molar-refractivity contribution in [2.75, 3.05) is 0 Å². The van der Waals surface area contributed by atoms with Gasteiger partial charge in [-0.1, -0.05) is 6.07 Å². The molecule has 1 aromatic carbocycles. The first kappa shape index (κ1) is 13.4. The van der Waals surface area contributed by atoms with Crippen molar-refractivity contribution in [1.82, 2.24) is 4.98 Å². The zero-order chi connectivity index (χ0) is 14.4. The molecule has 104 valence electrons. The van der Waals surface area contributed by atoms with E-state index in [9.17, 15) is 0 Å². The molecule has 0 amide bonds. The number of rotatable bonds is 0. The second-order valence-corrected chi connectivity index (χ2v) is 6.25. The van der Waals surface area contributed by atoms with Crippen molar-refractivity contribution in [3.05, 3.63) is 62.5 Å².